The fourth-order valence-electron chi connectivity index (χ4n) is 3.86. The van der Waals surface area contributed by atoms with Crippen molar-refractivity contribution in [3.05, 3.63) is 65.9 Å². The van der Waals surface area contributed by atoms with Crippen LogP contribution in [0, 0.1) is 5.82 Å². The Balaban J connectivity index is 1.61. The molecular formula is C23H27FN6O4S2. The quantitative estimate of drug-likeness (QED) is 0.297. The highest BCUT2D eigenvalue weighted by Gasteiger charge is 2.27. The van der Waals surface area contributed by atoms with Crippen LogP contribution in [0.5, 0.6) is 11.5 Å². The highest BCUT2D eigenvalue weighted by Crippen LogP contribution is 2.37. The average Bonchev–Trinajstić information content (AvgIpc) is 3.47. The fraction of sp³-hybridized carbons (Fsp3) is 0.304. The van der Waals surface area contributed by atoms with Gasteiger partial charge in [-0.15, -0.1) is 10.2 Å². The number of rotatable bonds is 10. The van der Waals surface area contributed by atoms with Crippen LogP contribution >= 0.6 is 11.9 Å². The zero-order chi connectivity index (χ0) is 25.9. The molecule has 2 aromatic carbocycles. The minimum absolute atomic E-state index is 0.00414. The third-order valence-corrected chi connectivity index (χ3v) is 7.42. The summed E-state index contributed by atoms with van der Waals surface area (Å²) in [7, 11) is 1.48. The molecule has 0 fully saturated rings. The lowest BCUT2D eigenvalue weighted by Crippen LogP contribution is -2.28. The minimum atomic E-state index is -3.56. The molecule has 1 unspecified atom stereocenters. The van der Waals surface area contributed by atoms with E-state index in [1.54, 1.807) is 14.2 Å². The van der Waals surface area contributed by atoms with E-state index in [-0.39, 0.29) is 10.9 Å². The molecule has 0 saturated heterocycles. The van der Waals surface area contributed by atoms with Gasteiger partial charge in [0.25, 0.3) is 0 Å². The summed E-state index contributed by atoms with van der Waals surface area (Å²) >= 11 is 1.32. The van der Waals surface area contributed by atoms with Crippen molar-refractivity contribution in [2.45, 2.75) is 17.4 Å². The molecule has 4 rings (SSSR count). The summed E-state index contributed by atoms with van der Waals surface area (Å²) in [6.07, 6.45) is 5.33. The molecule has 1 aromatic heterocycles. The first-order chi connectivity index (χ1) is 17.2. The molecule has 13 heteroatoms. The molecule has 0 saturated carbocycles. The second-order valence-electron chi connectivity index (χ2n) is 8.01. The number of nitrogens with one attached hydrogen (secondary N) is 2. The van der Waals surface area contributed by atoms with Crippen molar-refractivity contribution in [3.8, 4) is 17.2 Å². The van der Waals surface area contributed by atoms with Crippen molar-refractivity contribution in [2.75, 3.05) is 38.0 Å². The monoisotopic (exact) mass is 534 g/mol. The number of aromatic nitrogens is 3. The van der Waals surface area contributed by atoms with Gasteiger partial charge < -0.3 is 14.5 Å². The zero-order valence-corrected chi connectivity index (χ0v) is 21.9. The smallest absolute Gasteiger partial charge is 0.239 e. The number of hydrogen-bond donors (Lipinski definition) is 2. The highest BCUT2D eigenvalue weighted by atomic mass is 32.2. The average molecular weight is 535 g/mol. The molecule has 36 heavy (non-hydrogen) atoms. The highest BCUT2D eigenvalue weighted by molar-refractivity contribution is 8.00. The molecule has 1 aliphatic heterocycles. The molecule has 1 atom stereocenters. The first kappa shape index (κ1) is 25.8. The van der Waals surface area contributed by atoms with E-state index in [1.165, 1.54) is 24.1 Å². The summed E-state index contributed by atoms with van der Waals surface area (Å²) in [5.41, 5.74) is 4.46. The molecule has 2 N–H and O–H groups in total. The Labute approximate surface area is 213 Å². The van der Waals surface area contributed by atoms with Crippen molar-refractivity contribution in [1.29, 1.82) is 0 Å². The lowest BCUT2D eigenvalue weighted by Gasteiger charge is -2.20. The van der Waals surface area contributed by atoms with E-state index in [1.807, 2.05) is 47.1 Å². The number of benzene rings is 2. The fourth-order valence-corrected chi connectivity index (χ4v) is 5.52. The first-order valence-electron chi connectivity index (χ1n) is 10.9. The van der Waals surface area contributed by atoms with Crippen molar-refractivity contribution in [3.63, 3.8) is 0 Å². The van der Waals surface area contributed by atoms with Crippen LogP contribution in [0.25, 0.3) is 5.69 Å². The third-order valence-electron chi connectivity index (χ3n) is 5.50. The minimum Gasteiger partial charge on any atom is -0.494 e. The lowest BCUT2D eigenvalue weighted by atomic mass is 10.2. The SMILES string of the molecule is COc1cccc(OC)c1-n1c(NSCCc2ccc(F)cc2S(C)(=O)=O)nnc1C1C=CN(C)N1. The Hall–Kier alpha value is -3.29. The summed E-state index contributed by atoms with van der Waals surface area (Å²) in [5, 5.41) is 10.6. The van der Waals surface area contributed by atoms with Crippen molar-refractivity contribution in [2.24, 2.45) is 0 Å². The van der Waals surface area contributed by atoms with Gasteiger partial charge in [0.1, 0.15) is 29.0 Å². The number of halogens is 1. The van der Waals surface area contributed by atoms with Gasteiger partial charge in [0.15, 0.2) is 15.7 Å². The second kappa shape index (κ2) is 10.8. The van der Waals surface area contributed by atoms with Crippen LogP contribution < -0.4 is 19.6 Å². The summed E-state index contributed by atoms with van der Waals surface area (Å²) in [5.74, 6) is 2.09. The maximum Gasteiger partial charge on any atom is 0.239 e. The van der Waals surface area contributed by atoms with E-state index >= 15 is 0 Å². The molecule has 10 nitrogen and oxygen atoms in total. The summed E-state index contributed by atoms with van der Waals surface area (Å²) < 4.78 is 54.1. The predicted molar refractivity (Wildman–Crippen MR) is 137 cm³/mol. The van der Waals surface area contributed by atoms with Gasteiger partial charge in [-0.1, -0.05) is 12.1 Å². The normalized spacial score (nSPS) is 15.4. The zero-order valence-electron chi connectivity index (χ0n) is 20.2. The standard InChI is InChI=1S/C23H27FN6O4S2/c1-29-12-10-17(27-29)22-25-26-23(30(22)21-18(33-2)6-5-7-19(21)34-3)28-35-13-11-15-8-9-16(24)14-20(15)36(4,31)32/h5-10,12,14,17,27H,11,13H2,1-4H3,(H,26,28). The Bertz CT molecular complexity index is 1360. The van der Waals surface area contributed by atoms with Crippen molar-refractivity contribution >= 4 is 27.7 Å². The van der Waals surface area contributed by atoms with E-state index in [2.05, 4.69) is 20.3 Å². The molecule has 0 spiro atoms. The Morgan fingerprint density at radius 1 is 1.17 bits per heavy atom. The van der Waals surface area contributed by atoms with Gasteiger partial charge in [0, 0.05) is 25.3 Å². The number of aryl methyl sites for hydroxylation is 1. The number of sulfone groups is 1. The number of methoxy groups -OCH3 is 2. The molecule has 2 heterocycles. The number of nitrogens with zero attached hydrogens (tertiary/aromatic N) is 4. The van der Waals surface area contributed by atoms with Crippen LogP contribution in [-0.4, -0.2) is 61.5 Å². The Morgan fingerprint density at radius 3 is 2.50 bits per heavy atom. The van der Waals surface area contributed by atoms with Crippen LogP contribution in [0.4, 0.5) is 10.3 Å². The molecule has 1 aliphatic rings. The predicted octanol–water partition coefficient (Wildman–Crippen LogP) is 3.13. The number of para-hydroxylation sites is 1. The number of anilines is 1. The largest absolute Gasteiger partial charge is 0.494 e. The molecule has 3 aromatic rings. The molecular weight excluding hydrogens is 507 g/mol. The van der Waals surface area contributed by atoms with E-state index < -0.39 is 15.7 Å². The summed E-state index contributed by atoms with van der Waals surface area (Å²) in [6.45, 7) is 0. The van der Waals surface area contributed by atoms with E-state index in [0.717, 1.165) is 12.3 Å². The lowest BCUT2D eigenvalue weighted by molar-refractivity contribution is 0.325. The summed E-state index contributed by atoms with van der Waals surface area (Å²) in [4.78, 5) is -0.00414. The molecule has 0 bridgehead atoms. The Morgan fingerprint density at radius 2 is 1.89 bits per heavy atom. The topological polar surface area (TPSA) is 111 Å². The van der Waals surface area contributed by atoms with Crippen LogP contribution in [-0.2, 0) is 16.3 Å². The van der Waals surface area contributed by atoms with Crippen molar-refractivity contribution < 1.29 is 22.3 Å². The molecule has 192 valence electrons. The van der Waals surface area contributed by atoms with E-state index in [4.69, 9.17) is 9.47 Å². The van der Waals surface area contributed by atoms with E-state index in [9.17, 15) is 12.8 Å². The van der Waals surface area contributed by atoms with Crippen LogP contribution in [0.3, 0.4) is 0 Å². The first-order valence-corrected chi connectivity index (χ1v) is 13.8. The van der Waals surface area contributed by atoms with Gasteiger partial charge in [-0.05, 0) is 54.3 Å². The van der Waals surface area contributed by atoms with Gasteiger partial charge in [-0.25, -0.2) is 18.2 Å². The molecule has 0 aliphatic carbocycles. The molecule has 0 amide bonds. The van der Waals surface area contributed by atoms with Crippen molar-refractivity contribution in [1.82, 2.24) is 25.2 Å². The van der Waals surface area contributed by atoms with Crippen LogP contribution in [0.2, 0.25) is 0 Å². The van der Waals surface area contributed by atoms with Gasteiger partial charge in [-0.3, -0.25) is 9.29 Å². The van der Waals surface area contributed by atoms with E-state index in [0.29, 0.717) is 46.7 Å². The third kappa shape index (κ3) is 5.42. The maximum atomic E-state index is 13.6. The molecule has 0 radical (unpaired) electrons. The number of hydrazine groups is 1. The number of hydrogen-bond acceptors (Lipinski definition) is 10. The van der Waals surface area contributed by atoms with Crippen LogP contribution in [0.1, 0.15) is 17.4 Å². The second-order valence-corrected chi connectivity index (χ2v) is 10.9. The maximum absolute atomic E-state index is 13.6. The van der Waals surface area contributed by atoms with Gasteiger partial charge in [0.05, 0.1) is 19.1 Å². The number of ether oxygens (including phenoxy) is 2. The van der Waals surface area contributed by atoms with Gasteiger partial charge >= 0.3 is 0 Å². The van der Waals surface area contributed by atoms with Crippen LogP contribution in [0.15, 0.2) is 53.6 Å². The summed E-state index contributed by atoms with van der Waals surface area (Å²) in [6, 6.07) is 9.05. The van der Waals surface area contributed by atoms with Gasteiger partial charge in [-0.2, -0.15) is 0 Å². The van der Waals surface area contributed by atoms with Gasteiger partial charge in [0.2, 0.25) is 5.95 Å². The Kier molecular flexibility index (Phi) is 7.71.